The smallest absolute Gasteiger partial charge is 0.0646 e. The van der Waals surface area contributed by atoms with Gasteiger partial charge in [0.1, 0.15) is 0 Å². The van der Waals surface area contributed by atoms with E-state index >= 15 is 0 Å². The van der Waals surface area contributed by atoms with Crippen molar-refractivity contribution in [1.29, 1.82) is 0 Å². The molecule has 2 heterocycles. The first-order chi connectivity index (χ1) is 7.29. The molecule has 0 aliphatic carbocycles. The zero-order chi connectivity index (χ0) is 10.6. The van der Waals surface area contributed by atoms with Crippen LogP contribution >= 0.6 is 0 Å². The summed E-state index contributed by atoms with van der Waals surface area (Å²) in [7, 11) is 0. The average Bonchev–Trinajstić information content (AvgIpc) is 2.67. The van der Waals surface area contributed by atoms with E-state index in [9.17, 15) is 0 Å². The van der Waals surface area contributed by atoms with Crippen LogP contribution in [-0.2, 0) is 4.74 Å². The van der Waals surface area contributed by atoms with Gasteiger partial charge in [0.25, 0.3) is 0 Å². The maximum atomic E-state index is 5.43. The fourth-order valence-corrected chi connectivity index (χ4v) is 2.55. The van der Waals surface area contributed by atoms with Gasteiger partial charge < -0.3 is 15.4 Å². The van der Waals surface area contributed by atoms with E-state index in [4.69, 9.17) is 4.74 Å². The Hall–Kier alpha value is -0.120. The van der Waals surface area contributed by atoms with Gasteiger partial charge in [-0.1, -0.05) is 0 Å². The van der Waals surface area contributed by atoms with E-state index in [1.54, 1.807) is 0 Å². The summed E-state index contributed by atoms with van der Waals surface area (Å²) in [4.78, 5) is 0. The molecule has 2 fully saturated rings. The first kappa shape index (κ1) is 11.4. The van der Waals surface area contributed by atoms with Gasteiger partial charge in [-0.05, 0) is 58.2 Å². The Morgan fingerprint density at radius 2 is 2.47 bits per heavy atom. The van der Waals surface area contributed by atoms with Crippen LogP contribution in [0.15, 0.2) is 0 Å². The van der Waals surface area contributed by atoms with E-state index < -0.39 is 0 Å². The lowest BCUT2D eigenvalue weighted by molar-refractivity contribution is 0.170. The molecule has 88 valence electrons. The molecule has 2 N–H and O–H groups in total. The third-order valence-corrected chi connectivity index (χ3v) is 3.72. The van der Waals surface area contributed by atoms with Gasteiger partial charge in [-0.15, -0.1) is 0 Å². The second-order valence-electron chi connectivity index (χ2n) is 5.29. The molecule has 0 spiro atoms. The van der Waals surface area contributed by atoms with Crippen LogP contribution in [0.25, 0.3) is 0 Å². The van der Waals surface area contributed by atoms with Crippen molar-refractivity contribution in [1.82, 2.24) is 10.6 Å². The number of ether oxygens (including phenoxy) is 1. The Morgan fingerprint density at radius 3 is 3.13 bits per heavy atom. The average molecular weight is 212 g/mol. The van der Waals surface area contributed by atoms with Crippen molar-refractivity contribution in [3.05, 3.63) is 0 Å². The largest absolute Gasteiger partial charge is 0.379 e. The molecule has 2 aliphatic rings. The summed E-state index contributed by atoms with van der Waals surface area (Å²) in [5.74, 6) is 0.886. The monoisotopic (exact) mass is 212 g/mol. The Balaban J connectivity index is 1.61. The first-order valence-electron chi connectivity index (χ1n) is 6.32. The lowest BCUT2D eigenvalue weighted by atomic mass is 9.95. The Kier molecular flexibility index (Phi) is 4.00. The minimum atomic E-state index is 0.252. The minimum Gasteiger partial charge on any atom is -0.379 e. The molecule has 0 aromatic carbocycles. The number of hydrogen-bond donors (Lipinski definition) is 2. The summed E-state index contributed by atoms with van der Waals surface area (Å²) < 4.78 is 5.43. The van der Waals surface area contributed by atoms with Crippen LogP contribution in [0.5, 0.6) is 0 Å². The molecule has 0 aromatic rings. The van der Waals surface area contributed by atoms with Gasteiger partial charge in [0.2, 0.25) is 0 Å². The molecule has 0 saturated carbocycles. The maximum absolute atomic E-state index is 5.43. The highest BCUT2D eigenvalue weighted by atomic mass is 16.5. The van der Waals surface area contributed by atoms with E-state index in [2.05, 4.69) is 17.6 Å². The van der Waals surface area contributed by atoms with E-state index in [1.165, 1.54) is 32.4 Å². The van der Waals surface area contributed by atoms with Gasteiger partial charge in [-0.25, -0.2) is 0 Å². The van der Waals surface area contributed by atoms with E-state index in [1.807, 2.05) is 0 Å². The van der Waals surface area contributed by atoms with Crippen molar-refractivity contribution >= 4 is 0 Å². The van der Waals surface area contributed by atoms with Crippen molar-refractivity contribution in [2.24, 2.45) is 5.92 Å². The molecule has 2 unspecified atom stereocenters. The summed E-state index contributed by atoms with van der Waals surface area (Å²) >= 11 is 0. The molecule has 3 nitrogen and oxygen atoms in total. The van der Waals surface area contributed by atoms with Crippen LogP contribution in [0.4, 0.5) is 0 Å². The molecule has 0 radical (unpaired) electrons. The third-order valence-electron chi connectivity index (χ3n) is 3.72. The lowest BCUT2D eigenvalue weighted by Gasteiger charge is -2.27. The summed E-state index contributed by atoms with van der Waals surface area (Å²) in [5.41, 5.74) is 0.252. The molecular weight excluding hydrogens is 188 g/mol. The standard InChI is InChI=1S/C12H24N2O/c1-12(5-8-15-10-12)14-7-4-11-3-2-6-13-9-11/h11,13-14H,2-10H2,1H3. The van der Waals surface area contributed by atoms with Crippen LogP contribution in [0.2, 0.25) is 0 Å². The third kappa shape index (κ3) is 3.44. The molecular formula is C12H24N2O. The van der Waals surface area contributed by atoms with E-state index in [0.717, 1.165) is 32.1 Å². The zero-order valence-corrected chi connectivity index (χ0v) is 9.85. The van der Waals surface area contributed by atoms with Crippen LogP contribution < -0.4 is 10.6 Å². The van der Waals surface area contributed by atoms with Gasteiger partial charge >= 0.3 is 0 Å². The van der Waals surface area contributed by atoms with Crippen molar-refractivity contribution in [3.63, 3.8) is 0 Å². The Bertz CT molecular complexity index is 184. The van der Waals surface area contributed by atoms with Gasteiger partial charge in [-0.3, -0.25) is 0 Å². The van der Waals surface area contributed by atoms with Gasteiger partial charge in [0.05, 0.1) is 6.61 Å². The van der Waals surface area contributed by atoms with Gasteiger partial charge in [0.15, 0.2) is 0 Å². The molecule has 0 aromatic heterocycles. The topological polar surface area (TPSA) is 33.3 Å². The van der Waals surface area contributed by atoms with Crippen LogP contribution in [-0.4, -0.2) is 38.4 Å². The minimum absolute atomic E-state index is 0.252. The zero-order valence-electron chi connectivity index (χ0n) is 9.85. The Morgan fingerprint density at radius 1 is 1.53 bits per heavy atom. The van der Waals surface area contributed by atoms with E-state index in [0.29, 0.717) is 0 Å². The second kappa shape index (κ2) is 5.28. The molecule has 2 aliphatic heterocycles. The van der Waals surface area contributed by atoms with Crippen molar-refractivity contribution in [2.75, 3.05) is 32.8 Å². The predicted octanol–water partition coefficient (Wildman–Crippen LogP) is 1.14. The molecule has 15 heavy (non-hydrogen) atoms. The fraction of sp³-hybridized carbons (Fsp3) is 1.00. The fourth-order valence-electron chi connectivity index (χ4n) is 2.55. The molecule has 3 heteroatoms. The Labute approximate surface area is 93.0 Å². The molecule has 2 rings (SSSR count). The second-order valence-corrected chi connectivity index (χ2v) is 5.29. The summed E-state index contributed by atoms with van der Waals surface area (Å²) in [5, 5.41) is 7.12. The predicted molar refractivity (Wildman–Crippen MR) is 62.1 cm³/mol. The van der Waals surface area contributed by atoms with Crippen LogP contribution in [0.1, 0.15) is 32.6 Å². The summed E-state index contributed by atoms with van der Waals surface area (Å²) in [6.07, 6.45) is 5.23. The summed E-state index contributed by atoms with van der Waals surface area (Å²) in [6.45, 7) is 7.67. The van der Waals surface area contributed by atoms with Crippen molar-refractivity contribution in [3.8, 4) is 0 Å². The SMILES string of the molecule is CC1(NCCC2CCCNC2)CCOC1. The highest BCUT2D eigenvalue weighted by Crippen LogP contribution is 2.18. The number of nitrogens with one attached hydrogen (secondary N) is 2. The lowest BCUT2D eigenvalue weighted by Crippen LogP contribution is -2.44. The molecule has 0 amide bonds. The molecule has 0 bridgehead atoms. The number of rotatable bonds is 4. The number of hydrogen-bond acceptors (Lipinski definition) is 3. The van der Waals surface area contributed by atoms with Crippen molar-refractivity contribution < 1.29 is 4.74 Å². The van der Waals surface area contributed by atoms with Crippen molar-refractivity contribution in [2.45, 2.75) is 38.1 Å². The maximum Gasteiger partial charge on any atom is 0.0646 e. The van der Waals surface area contributed by atoms with Gasteiger partial charge in [-0.2, -0.15) is 0 Å². The number of piperidine rings is 1. The molecule has 2 saturated heterocycles. The van der Waals surface area contributed by atoms with E-state index in [-0.39, 0.29) is 5.54 Å². The van der Waals surface area contributed by atoms with Gasteiger partial charge in [0, 0.05) is 12.1 Å². The first-order valence-corrected chi connectivity index (χ1v) is 6.32. The quantitative estimate of drug-likeness (QED) is 0.733. The molecule has 2 atom stereocenters. The van der Waals surface area contributed by atoms with Crippen LogP contribution in [0.3, 0.4) is 0 Å². The normalized spacial score (nSPS) is 37.0. The highest BCUT2D eigenvalue weighted by molar-refractivity contribution is 4.87. The highest BCUT2D eigenvalue weighted by Gasteiger charge is 2.28. The van der Waals surface area contributed by atoms with Crippen LogP contribution in [0, 0.1) is 5.92 Å². The summed E-state index contributed by atoms with van der Waals surface area (Å²) in [6, 6.07) is 0.